The van der Waals surface area contributed by atoms with Crippen LogP contribution in [0.15, 0.2) is 18.2 Å². The van der Waals surface area contributed by atoms with Gasteiger partial charge in [0.25, 0.3) is 0 Å². The molecule has 0 heterocycles. The van der Waals surface area contributed by atoms with Crippen LogP contribution in [-0.4, -0.2) is 32.1 Å². The van der Waals surface area contributed by atoms with Crippen LogP contribution in [0, 0.1) is 0 Å². The predicted octanol–water partition coefficient (Wildman–Crippen LogP) is 2.99. The highest BCUT2D eigenvalue weighted by molar-refractivity contribution is 5.39. The van der Waals surface area contributed by atoms with E-state index in [-0.39, 0.29) is 0 Å². The van der Waals surface area contributed by atoms with Gasteiger partial charge in [0, 0.05) is 6.54 Å². The first-order valence-electron chi connectivity index (χ1n) is 7.14. The summed E-state index contributed by atoms with van der Waals surface area (Å²) in [5.41, 5.74) is 8.15. The van der Waals surface area contributed by atoms with Crippen molar-refractivity contribution in [2.45, 2.75) is 39.2 Å². The van der Waals surface area contributed by atoms with Gasteiger partial charge in [0.15, 0.2) is 0 Å². The number of ether oxygens (including phenoxy) is 1. The van der Waals surface area contributed by atoms with E-state index >= 15 is 0 Å². The van der Waals surface area contributed by atoms with Crippen molar-refractivity contribution in [2.24, 2.45) is 5.73 Å². The van der Waals surface area contributed by atoms with Crippen LogP contribution in [0.5, 0.6) is 5.75 Å². The molecule has 0 unspecified atom stereocenters. The van der Waals surface area contributed by atoms with Gasteiger partial charge in [-0.2, -0.15) is 0 Å². The number of hydrogen-bond donors (Lipinski definition) is 1. The summed E-state index contributed by atoms with van der Waals surface area (Å²) >= 11 is 0. The Balaban J connectivity index is 2.66. The molecule has 1 aromatic carbocycles. The van der Waals surface area contributed by atoms with E-state index in [1.54, 1.807) is 7.11 Å². The van der Waals surface area contributed by atoms with Crippen molar-refractivity contribution in [3.63, 3.8) is 0 Å². The number of unbranched alkanes of at least 4 members (excludes halogenated alkanes) is 1. The minimum atomic E-state index is 0.484. The van der Waals surface area contributed by atoms with Crippen LogP contribution in [-0.2, 0) is 6.54 Å². The second kappa shape index (κ2) is 8.18. The lowest BCUT2D eigenvalue weighted by Gasteiger charge is -2.19. The standard InChI is InChI=1S/C16H28N2O/c1-13(2)15-11-14(7-8-16(15)19-4)12-18(3)10-6-5-9-17/h7-8,11,13H,5-6,9-10,12,17H2,1-4H3. The smallest absolute Gasteiger partial charge is 0.122 e. The molecule has 0 aliphatic carbocycles. The van der Waals surface area contributed by atoms with Crippen LogP contribution in [0.3, 0.4) is 0 Å². The summed E-state index contributed by atoms with van der Waals surface area (Å²) in [6.07, 6.45) is 2.27. The average Bonchev–Trinajstić information content (AvgIpc) is 2.39. The molecule has 0 radical (unpaired) electrons. The number of nitrogens with zero attached hydrogens (tertiary/aromatic N) is 1. The summed E-state index contributed by atoms with van der Waals surface area (Å²) in [7, 11) is 3.90. The van der Waals surface area contributed by atoms with E-state index in [0.29, 0.717) is 5.92 Å². The molecule has 0 aliphatic rings. The van der Waals surface area contributed by atoms with Gasteiger partial charge < -0.3 is 15.4 Å². The van der Waals surface area contributed by atoms with Crippen LogP contribution in [0.4, 0.5) is 0 Å². The summed E-state index contributed by atoms with van der Waals surface area (Å²) < 4.78 is 5.42. The molecule has 0 fully saturated rings. The molecule has 0 aromatic heterocycles. The Bertz CT molecular complexity index is 377. The maximum Gasteiger partial charge on any atom is 0.122 e. The molecule has 0 amide bonds. The molecule has 3 heteroatoms. The van der Waals surface area contributed by atoms with Gasteiger partial charge >= 0.3 is 0 Å². The highest BCUT2D eigenvalue weighted by atomic mass is 16.5. The van der Waals surface area contributed by atoms with Crippen molar-refractivity contribution in [2.75, 3.05) is 27.2 Å². The summed E-state index contributed by atoms with van der Waals surface area (Å²) in [4.78, 5) is 2.35. The van der Waals surface area contributed by atoms with Gasteiger partial charge in [-0.05, 0) is 56.1 Å². The van der Waals surface area contributed by atoms with Crippen molar-refractivity contribution in [3.8, 4) is 5.75 Å². The normalized spacial score (nSPS) is 11.3. The van der Waals surface area contributed by atoms with Gasteiger partial charge in [0.05, 0.1) is 7.11 Å². The van der Waals surface area contributed by atoms with Gasteiger partial charge in [-0.25, -0.2) is 0 Å². The largest absolute Gasteiger partial charge is 0.496 e. The molecule has 3 nitrogen and oxygen atoms in total. The Morgan fingerprint density at radius 1 is 1.26 bits per heavy atom. The Kier molecular flexibility index (Phi) is 6.89. The fourth-order valence-corrected chi connectivity index (χ4v) is 2.25. The molecule has 0 bridgehead atoms. The summed E-state index contributed by atoms with van der Waals surface area (Å²) in [5.74, 6) is 1.47. The molecular formula is C16H28N2O. The van der Waals surface area contributed by atoms with Crippen LogP contribution in [0.1, 0.15) is 43.7 Å². The Morgan fingerprint density at radius 3 is 2.58 bits per heavy atom. The quantitative estimate of drug-likeness (QED) is 0.734. The molecule has 0 atom stereocenters. The number of methoxy groups -OCH3 is 1. The third kappa shape index (κ3) is 5.21. The SMILES string of the molecule is COc1ccc(CN(C)CCCCN)cc1C(C)C. The van der Waals surface area contributed by atoms with Gasteiger partial charge in [0.1, 0.15) is 5.75 Å². The molecular weight excluding hydrogens is 236 g/mol. The number of rotatable bonds is 8. The fourth-order valence-electron chi connectivity index (χ4n) is 2.25. The topological polar surface area (TPSA) is 38.5 Å². The first-order chi connectivity index (χ1) is 9.08. The number of nitrogens with two attached hydrogens (primary N) is 1. The van der Waals surface area contributed by atoms with Crippen molar-refractivity contribution in [1.29, 1.82) is 0 Å². The van der Waals surface area contributed by atoms with Gasteiger partial charge in [-0.3, -0.25) is 0 Å². The molecule has 0 spiro atoms. The minimum Gasteiger partial charge on any atom is -0.496 e. The lowest BCUT2D eigenvalue weighted by molar-refractivity contribution is 0.319. The second-order valence-electron chi connectivity index (χ2n) is 5.46. The average molecular weight is 264 g/mol. The zero-order valence-electron chi connectivity index (χ0n) is 12.8. The molecule has 0 saturated carbocycles. The fraction of sp³-hybridized carbons (Fsp3) is 0.625. The highest BCUT2D eigenvalue weighted by Crippen LogP contribution is 2.27. The van der Waals surface area contributed by atoms with Gasteiger partial charge in [0.2, 0.25) is 0 Å². The summed E-state index contributed by atoms with van der Waals surface area (Å²) in [6, 6.07) is 6.51. The van der Waals surface area contributed by atoms with E-state index < -0.39 is 0 Å². The third-order valence-electron chi connectivity index (χ3n) is 3.36. The molecule has 0 aliphatic heterocycles. The first kappa shape index (κ1) is 16.0. The van der Waals surface area contributed by atoms with Crippen LogP contribution in [0.2, 0.25) is 0 Å². The minimum absolute atomic E-state index is 0.484. The van der Waals surface area contributed by atoms with Crippen LogP contribution < -0.4 is 10.5 Å². The zero-order valence-corrected chi connectivity index (χ0v) is 12.8. The predicted molar refractivity (Wildman–Crippen MR) is 81.7 cm³/mol. The van der Waals surface area contributed by atoms with Crippen molar-refractivity contribution < 1.29 is 4.74 Å². The highest BCUT2D eigenvalue weighted by Gasteiger charge is 2.09. The maximum atomic E-state index is 5.52. The summed E-state index contributed by atoms with van der Waals surface area (Å²) in [6.45, 7) is 7.27. The second-order valence-corrected chi connectivity index (χ2v) is 5.46. The van der Waals surface area contributed by atoms with Crippen molar-refractivity contribution in [3.05, 3.63) is 29.3 Å². The lowest BCUT2D eigenvalue weighted by atomic mass is 9.99. The maximum absolute atomic E-state index is 5.52. The Hall–Kier alpha value is -1.06. The lowest BCUT2D eigenvalue weighted by Crippen LogP contribution is -2.20. The monoisotopic (exact) mass is 264 g/mol. The molecule has 2 N–H and O–H groups in total. The number of benzene rings is 1. The van der Waals surface area contributed by atoms with Crippen LogP contribution in [0.25, 0.3) is 0 Å². The van der Waals surface area contributed by atoms with E-state index in [9.17, 15) is 0 Å². The number of hydrogen-bond acceptors (Lipinski definition) is 3. The van der Waals surface area contributed by atoms with Gasteiger partial charge in [-0.1, -0.05) is 26.0 Å². The van der Waals surface area contributed by atoms with E-state index in [1.165, 1.54) is 17.5 Å². The van der Waals surface area contributed by atoms with Crippen molar-refractivity contribution in [1.82, 2.24) is 4.90 Å². The van der Waals surface area contributed by atoms with E-state index in [1.807, 2.05) is 0 Å². The van der Waals surface area contributed by atoms with Gasteiger partial charge in [-0.15, -0.1) is 0 Å². The molecule has 1 rings (SSSR count). The zero-order chi connectivity index (χ0) is 14.3. The first-order valence-corrected chi connectivity index (χ1v) is 7.14. The Morgan fingerprint density at radius 2 is 2.00 bits per heavy atom. The van der Waals surface area contributed by atoms with E-state index in [2.05, 4.69) is 44.0 Å². The molecule has 0 saturated heterocycles. The summed E-state index contributed by atoms with van der Waals surface area (Å²) in [5, 5.41) is 0. The molecule has 19 heavy (non-hydrogen) atoms. The van der Waals surface area contributed by atoms with E-state index in [0.717, 1.165) is 31.8 Å². The Labute approximate surface area is 117 Å². The third-order valence-corrected chi connectivity index (χ3v) is 3.36. The molecule has 1 aromatic rings. The molecule has 108 valence electrons. The van der Waals surface area contributed by atoms with Crippen molar-refractivity contribution >= 4 is 0 Å². The van der Waals surface area contributed by atoms with Crippen LogP contribution >= 0.6 is 0 Å². The van der Waals surface area contributed by atoms with E-state index in [4.69, 9.17) is 10.5 Å².